The van der Waals surface area contributed by atoms with Gasteiger partial charge in [-0.1, -0.05) is 0 Å². The summed E-state index contributed by atoms with van der Waals surface area (Å²) in [5, 5.41) is 20.6. The van der Waals surface area contributed by atoms with E-state index in [4.69, 9.17) is 0 Å². The highest BCUT2D eigenvalue weighted by Gasteiger charge is 2.35. The summed E-state index contributed by atoms with van der Waals surface area (Å²) in [6, 6.07) is 4.66. The fourth-order valence-electron chi connectivity index (χ4n) is 3.60. The van der Waals surface area contributed by atoms with Crippen LogP contribution in [0.3, 0.4) is 0 Å². The second-order valence-corrected chi connectivity index (χ2v) is 7.51. The van der Waals surface area contributed by atoms with Gasteiger partial charge in [-0.2, -0.15) is 5.10 Å². The van der Waals surface area contributed by atoms with Gasteiger partial charge in [0.2, 0.25) is 5.92 Å². The number of benzene rings is 1. The van der Waals surface area contributed by atoms with Gasteiger partial charge in [0, 0.05) is 37.7 Å². The van der Waals surface area contributed by atoms with E-state index in [9.17, 15) is 22.7 Å². The minimum Gasteiger partial charge on any atom is -0.374 e. The molecule has 0 saturated heterocycles. The summed E-state index contributed by atoms with van der Waals surface area (Å²) < 4.78 is 54.8. The van der Waals surface area contributed by atoms with Crippen LogP contribution < -0.4 is 10.6 Å². The summed E-state index contributed by atoms with van der Waals surface area (Å²) in [5.41, 5.74) is 1.21. The Kier molecular flexibility index (Phi) is 5.61. The molecule has 1 aliphatic carbocycles. The Bertz CT molecular complexity index is 1010. The zero-order valence-corrected chi connectivity index (χ0v) is 16.0. The smallest absolute Gasteiger partial charge is 0.248 e. The standard InChI is InChI=1S/C20H21F4N5O/c21-13-7-12(8-14(22)9-13)10-25-17-3-6-29-18(28-17)16(11-26-29)19(30)27-15-1-4-20(23,24)5-2-15/h3,6-9,11,15,19,27,30H,1-2,4-5,10H2,(H,25,28). The molecule has 10 heteroatoms. The van der Waals surface area contributed by atoms with Crippen LogP contribution in [-0.4, -0.2) is 31.7 Å². The van der Waals surface area contributed by atoms with E-state index < -0.39 is 23.8 Å². The van der Waals surface area contributed by atoms with Gasteiger partial charge in [-0.15, -0.1) is 0 Å². The third-order valence-electron chi connectivity index (χ3n) is 5.20. The van der Waals surface area contributed by atoms with Gasteiger partial charge in [0.25, 0.3) is 0 Å². The first-order valence-electron chi connectivity index (χ1n) is 9.64. The van der Waals surface area contributed by atoms with E-state index in [0.717, 1.165) is 6.07 Å². The van der Waals surface area contributed by atoms with Gasteiger partial charge in [0.1, 0.15) is 23.7 Å². The van der Waals surface area contributed by atoms with Gasteiger partial charge >= 0.3 is 0 Å². The molecular weight excluding hydrogens is 402 g/mol. The number of aliphatic hydroxyl groups excluding tert-OH is 1. The van der Waals surface area contributed by atoms with E-state index in [1.54, 1.807) is 12.3 Å². The highest BCUT2D eigenvalue weighted by molar-refractivity contribution is 5.52. The lowest BCUT2D eigenvalue weighted by Crippen LogP contribution is -2.39. The van der Waals surface area contributed by atoms with Gasteiger partial charge in [-0.05, 0) is 36.6 Å². The molecule has 2 aromatic heterocycles. The Morgan fingerprint density at radius 2 is 1.87 bits per heavy atom. The second kappa shape index (κ2) is 8.19. The molecule has 1 fully saturated rings. The highest BCUT2D eigenvalue weighted by Crippen LogP contribution is 2.33. The third kappa shape index (κ3) is 4.71. The lowest BCUT2D eigenvalue weighted by molar-refractivity contribution is -0.0453. The largest absolute Gasteiger partial charge is 0.374 e. The minimum atomic E-state index is -2.64. The monoisotopic (exact) mass is 423 g/mol. The highest BCUT2D eigenvalue weighted by atomic mass is 19.3. The molecule has 0 spiro atoms. The van der Waals surface area contributed by atoms with Crippen molar-refractivity contribution < 1.29 is 22.7 Å². The third-order valence-corrected chi connectivity index (χ3v) is 5.20. The molecule has 0 bridgehead atoms. The maximum atomic E-state index is 13.3. The number of aliphatic hydroxyl groups is 1. The number of hydrogen-bond donors (Lipinski definition) is 3. The van der Waals surface area contributed by atoms with Gasteiger partial charge in [-0.25, -0.2) is 27.1 Å². The topological polar surface area (TPSA) is 74.5 Å². The number of halogens is 4. The molecule has 1 aliphatic rings. The molecule has 6 nitrogen and oxygen atoms in total. The lowest BCUT2D eigenvalue weighted by atomic mass is 9.92. The molecule has 4 rings (SSSR count). The van der Waals surface area contributed by atoms with Crippen LogP contribution in [0, 0.1) is 11.6 Å². The summed E-state index contributed by atoms with van der Waals surface area (Å²) in [7, 11) is 0. The van der Waals surface area contributed by atoms with Crippen LogP contribution in [0.5, 0.6) is 0 Å². The van der Waals surface area contributed by atoms with Crippen molar-refractivity contribution in [2.24, 2.45) is 0 Å². The lowest BCUT2D eigenvalue weighted by Gasteiger charge is -2.30. The number of nitrogens with one attached hydrogen (secondary N) is 2. The maximum absolute atomic E-state index is 13.3. The average Bonchev–Trinajstić information content (AvgIpc) is 3.11. The fraction of sp³-hybridized carbons (Fsp3) is 0.400. The molecule has 1 aromatic carbocycles. The number of rotatable bonds is 6. The van der Waals surface area contributed by atoms with Crippen molar-refractivity contribution in [3.63, 3.8) is 0 Å². The average molecular weight is 423 g/mol. The van der Waals surface area contributed by atoms with Crippen LogP contribution in [0.2, 0.25) is 0 Å². The van der Waals surface area contributed by atoms with Crippen molar-refractivity contribution >= 4 is 11.5 Å². The molecule has 1 saturated carbocycles. The number of alkyl halides is 2. The van der Waals surface area contributed by atoms with E-state index in [1.807, 2.05) is 0 Å². The predicted octanol–water partition coefficient (Wildman–Crippen LogP) is 3.78. The number of fused-ring (bicyclic) bond motifs is 1. The summed E-state index contributed by atoms with van der Waals surface area (Å²) in [5.74, 6) is -3.54. The first kappa shape index (κ1) is 20.5. The van der Waals surface area contributed by atoms with Crippen LogP contribution in [0.15, 0.2) is 36.7 Å². The molecular formula is C20H21F4N5O. The normalized spacial score (nSPS) is 17.9. The van der Waals surface area contributed by atoms with Crippen molar-refractivity contribution in [1.29, 1.82) is 0 Å². The molecule has 3 aromatic rings. The van der Waals surface area contributed by atoms with Crippen LogP contribution >= 0.6 is 0 Å². The number of hydrogen-bond acceptors (Lipinski definition) is 5. The predicted molar refractivity (Wildman–Crippen MR) is 102 cm³/mol. The second-order valence-electron chi connectivity index (χ2n) is 7.51. The zero-order chi connectivity index (χ0) is 21.3. The van der Waals surface area contributed by atoms with Crippen LogP contribution in [0.4, 0.5) is 23.4 Å². The molecule has 3 N–H and O–H groups in total. The van der Waals surface area contributed by atoms with Crippen LogP contribution in [0.1, 0.15) is 43.0 Å². The van der Waals surface area contributed by atoms with Gasteiger partial charge < -0.3 is 10.4 Å². The quantitative estimate of drug-likeness (QED) is 0.416. The van der Waals surface area contributed by atoms with E-state index in [0.29, 0.717) is 22.6 Å². The van der Waals surface area contributed by atoms with Gasteiger partial charge in [0.05, 0.1) is 11.8 Å². The molecule has 1 unspecified atom stereocenters. The number of anilines is 1. The van der Waals surface area contributed by atoms with E-state index >= 15 is 0 Å². The van der Waals surface area contributed by atoms with Gasteiger partial charge in [-0.3, -0.25) is 5.32 Å². The molecule has 0 aliphatic heterocycles. The summed E-state index contributed by atoms with van der Waals surface area (Å²) in [6.07, 6.45) is 2.11. The van der Waals surface area contributed by atoms with Crippen molar-refractivity contribution in [3.05, 3.63) is 59.4 Å². The Hall–Kier alpha value is -2.72. The maximum Gasteiger partial charge on any atom is 0.248 e. The first-order valence-corrected chi connectivity index (χ1v) is 9.64. The van der Waals surface area contributed by atoms with E-state index in [-0.39, 0.29) is 38.3 Å². The van der Waals surface area contributed by atoms with Crippen molar-refractivity contribution in [2.45, 2.75) is 50.4 Å². The van der Waals surface area contributed by atoms with Crippen molar-refractivity contribution in [1.82, 2.24) is 19.9 Å². The summed E-state index contributed by atoms with van der Waals surface area (Å²) in [6.45, 7) is 0.151. The zero-order valence-electron chi connectivity index (χ0n) is 16.0. The molecule has 0 amide bonds. The Balaban J connectivity index is 1.45. The Labute approximate surface area is 169 Å². The van der Waals surface area contributed by atoms with Crippen LogP contribution in [0.25, 0.3) is 5.65 Å². The molecule has 30 heavy (non-hydrogen) atoms. The molecule has 160 valence electrons. The molecule has 2 heterocycles. The Morgan fingerprint density at radius 3 is 2.57 bits per heavy atom. The van der Waals surface area contributed by atoms with Crippen LogP contribution in [-0.2, 0) is 6.54 Å². The van der Waals surface area contributed by atoms with Crippen molar-refractivity contribution in [2.75, 3.05) is 5.32 Å². The van der Waals surface area contributed by atoms with Crippen molar-refractivity contribution in [3.8, 4) is 0 Å². The van der Waals surface area contributed by atoms with Gasteiger partial charge in [0.15, 0.2) is 5.65 Å². The Morgan fingerprint density at radius 1 is 1.17 bits per heavy atom. The minimum absolute atomic E-state index is 0.151. The number of aromatic nitrogens is 3. The molecule has 1 atom stereocenters. The molecule has 0 radical (unpaired) electrons. The summed E-state index contributed by atoms with van der Waals surface area (Å²) >= 11 is 0. The SMILES string of the molecule is OC(NC1CCC(F)(F)CC1)c1cnn2ccc(NCc3cc(F)cc(F)c3)nc12. The van der Waals surface area contributed by atoms with E-state index in [2.05, 4.69) is 20.7 Å². The summed E-state index contributed by atoms with van der Waals surface area (Å²) in [4.78, 5) is 4.41. The number of nitrogens with zero attached hydrogens (tertiary/aromatic N) is 3. The van der Waals surface area contributed by atoms with E-state index in [1.165, 1.54) is 22.8 Å². The first-order chi connectivity index (χ1) is 14.3. The fourth-order valence-corrected chi connectivity index (χ4v) is 3.60.